The molecule has 29 heavy (non-hydrogen) atoms. The highest BCUT2D eigenvalue weighted by Gasteiger charge is 2.46. The van der Waals surface area contributed by atoms with Gasteiger partial charge in [0, 0.05) is 32.5 Å². The summed E-state index contributed by atoms with van der Waals surface area (Å²) in [6, 6.07) is 9.97. The monoisotopic (exact) mass is 452 g/mol. The van der Waals surface area contributed by atoms with Crippen molar-refractivity contribution in [3.8, 4) is 0 Å². The summed E-state index contributed by atoms with van der Waals surface area (Å²) in [4.78, 5) is 40.2. The lowest BCUT2D eigenvalue weighted by molar-refractivity contribution is -0.126. The van der Waals surface area contributed by atoms with Gasteiger partial charge in [-0.05, 0) is 24.5 Å². The zero-order chi connectivity index (χ0) is 21.8. The molecule has 0 amide bonds. The van der Waals surface area contributed by atoms with E-state index in [1.807, 2.05) is 71.9 Å². The Labute approximate surface area is 187 Å². The normalized spacial score (nSPS) is 20.3. The van der Waals surface area contributed by atoms with E-state index in [1.165, 1.54) is 23.5 Å². The van der Waals surface area contributed by atoms with Crippen molar-refractivity contribution < 1.29 is 14.4 Å². The van der Waals surface area contributed by atoms with E-state index in [0.29, 0.717) is 18.6 Å². The molecule has 0 aromatic heterocycles. The summed E-state index contributed by atoms with van der Waals surface area (Å²) in [6.45, 7) is 11.9. The molecular weight excluding hydrogens is 420 g/mol. The third-order valence-corrected chi connectivity index (χ3v) is 7.84. The van der Waals surface area contributed by atoms with Gasteiger partial charge < -0.3 is 0 Å². The van der Waals surface area contributed by atoms with Crippen LogP contribution in [0.25, 0.3) is 0 Å². The summed E-state index contributed by atoms with van der Waals surface area (Å²) < 4.78 is -0.530. The van der Waals surface area contributed by atoms with Crippen LogP contribution in [-0.2, 0) is 14.4 Å². The molecule has 1 aromatic carbocycles. The average molecular weight is 453 g/mol. The maximum atomic E-state index is 13.2. The lowest BCUT2D eigenvalue weighted by atomic mass is 9.86. The van der Waals surface area contributed by atoms with Crippen LogP contribution in [0, 0.1) is 17.8 Å². The van der Waals surface area contributed by atoms with E-state index in [2.05, 4.69) is 0 Å². The molecule has 2 atom stereocenters. The minimum Gasteiger partial charge on any atom is -0.299 e. The Bertz CT molecular complexity index is 704. The Balaban J connectivity index is 2.24. The number of thioether (sulfide) groups is 3. The van der Waals surface area contributed by atoms with Crippen molar-refractivity contribution in [1.29, 1.82) is 0 Å². The van der Waals surface area contributed by atoms with Crippen LogP contribution in [0.2, 0.25) is 0 Å². The van der Waals surface area contributed by atoms with Gasteiger partial charge in [0.05, 0.1) is 0 Å². The molecule has 0 unspecified atom stereocenters. The summed E-state index contributed by atoms with van der Waals surface area (Å²) in [5.41, 5.74) is 0. The second-order valence-corrected chi connectivity index (χ2v) is 14.2. The van der Waals surface area contributed by atoms with Crippen molar-refractivity contribution in [1.82, 2.24) is 0 Å². The number of hydrogen-bond acceptors (Lipinski definition) is 6. The van der Waals surface area contributed by atoms with Crippen molar-refractivity contribution in [2.75, 3.05) is 5.75 Å². The van der Waals surface area contributed by atoms with Crippen LogP contribution in [0.1, 0.15) is 54.4 Å². The molecule has 0 radical (unpaired) electrons. The van der Waals surface area contributed by atoms with E-state index >= 15 is 0 Å². The molecule has 0 bridgehead atoms. The third kappa shape index (κ3) is 7.80. The highest BCUT2D eigenvalue weighted by Crippen LogP contribution is 2.44. The SMILES string of the molecule is CC(C)(C)SC(=O)C(C(=O)SC(C)(C)C)[C@@H]1CCC(=O)[C@H]1CSc1ccccc1. The fourth-order valence-electron chi connectivity index (χ4n) is 3.43. The molecule has 160 valence electrons. The van der Waals surface area contributed by atoms with Crippen LogP contribution >= 0.6 is 35.3 Å². The van der Waals surface area contributed by atoms with Gasteiger partial charge in [-0.25, -0.2) is 0 Å². The first-order valence-electron chi connectivity index (χ1n) is 10.0. The van der Waals surface area contributed by atoms with Crippen LogP contribution < -0.4 is 0 Å². The molecule has 3 nitrogen and oxygen atoms in total. The molecule has 1 aromatic rings. The molecule has 1 aliphatic rings. The predicted octanol–water partition coefficient (Wildman–Crippen LogP) is 6.11. The van der Waals surface area contributed by atoms with Gasteiger partial charge in [0.1, 0.15) is 11.7 Å². The smallest absolute Gasteiger partial charge is 0.201 e. The maximum Gasteiger partial charge on any atom is 0.201 e. The number of ketones is 1. The summed E-state index contributed by atoms with van der Waals surface area (Å²) in [5, 5.41) is -0.178. The summed E-state index contributed by atoms with van der Waals surface area (Å²) in [5.74, 6) is -0.380. The van der Waals surface area contributed by atoms with E-state index in [4.69, 9.17) is 0 Å². The largest absolute Gasteiger partial charge is 0.299 e. The Hall–Kier alpha value is -0.720. The molecule has 1 aliphatic carbocycles. The van der Waals surface area contributed by atoms with Gasteiger partial charge in [-0.1, -0.05) is 83.3 Å². The van der Waals surface area contributed by atoms with E-state index in [-0.39, 0.29) is 37.3 Å². The molecule has 6 heteroatoms. The number of carbonyl (C=O) groups excluding carboxylic acids is 3. The summed E-state index contributed by atoms with van der Waals surface area (Å²) in [6.07, 6.45) is 1.08. The minimum atomic E-state index is -0.726. The van der Waals surface area contributed by atoms with Gasteiger partial charge >= 0.3 is 0 Å². The quantitative estimate of drug-likeness (QED) is 0.383. The van der Waals surface area contributed by atoms with Crippen LogP contribution in [-0.4, -0.2) is 31.3 Å². The molecule has 0 N–H and O–H groups in total. The van der Waals surface area contributed by atoms with Gasteiger partial charge in [-0.3, -0.25) is 14.4 Å². The van der Waals surface area contributed by atoms with E-state index < -0.39 is 5.92 Å². The van der Waals surface area contributed by atoms with E-state index in [9.17, 15) is 14.4 Å². The highest BCUT2D eigenvalue weighted by molar-refractivity contribution is 8.16. The number of hydrogen-bond donors (Lipinski definition) is 0. The Morgan fingerprint density at radius 1 is 0.966 bits per heavy atom. The molecule has 1 saturated carbocycles. The van der Waals surface area contributed by atoms with Crippen molar-refractivity contribution >= 4 is 51.3 Å². The van der Waals surface area contributed by atoms with Gasteiger partial charge in [-0.15, -0.1) is 11.8 Å². The fourth-order valence-corrected chi connectivity index (χ4v) is 6.68. The lowest BCUT2D eigenvalue weighted by Crippen LogP contribution is -2.36. The molecule has 1 fully saturated rings. The minimum absolute atomic E-state index is 0.0892. The summed E-state index contributed by atoms with van der Waals surface area (Å²) >= 11 is 4.10. The number of carbonyl (C=O) groups is 3. The Morgan fingerprint density at radius 3 is 1.97 bits per heavy atom. The Kier molecular flexibility index (Phi) is 8.51. The van der Waals surface area contributed by atoms with Crippen molar-refractivity contribution in [2.45, 2.75) is 68.8 Å². The van der Waals surface area contributed by atoms with Gasteiger partial charge in [0.25, 0.3) is 0 Å². The second kappa shape index (κ2) is 10.1. The molecule has 0 aliphatic heterocycles. The Morgan fingerprint density at radius 2 is 1.48 bits per heavy atom. The highest BCUT2D eigenvalue weighted by atomic mass is 32.2. The summed E-state index contributed by atoms with van der Waals surface area (Å²) in [7, 11) is 0. The first-order valence-corrected chi connectivity index (χ1v) is 12.7. The second-order valence-electron chi connectivity index (χ2n) is 9.44. The topological polar surface area (TPSA) is 51.2 Å². The lowest BCUT2D eigenvalue weighted by Gasteiger charge is -2.29. The number of rotatable bonds is 6. The molecular formula is C23H32O3S3. The standard InChI is InChI=1S/C23H32O3S3/c1-22(2,3)28-20(25)19(21(26)29-23(4,5)6)16-12-13-18(24)17(16)14-27-15-10-8-7-9-11-15/h7-11,16-17,19H,12-14H2,1-6H3/t16-,17+/m1/s1. The van der Waals surface area contributed by atoms with Crippen LogP contribution in [0.15, 0.2) is 35.2 Å². The van der Waals surface area contributed by atoms with Crippen LogP contribution in [0.4, 0.5) is 0 Å². The van der Waals surface area contributed by atoms with E-state index in [0.717, 1.165) is 4.90 Å². The van der Waals surface area contributed by atoms with Crippen LogP contribution in [0.5, 0.6) is 0 Å². The molecule has 2 rings (SSSR count). The van der Waals surface area contributed by atoms with Gasteiger partial charge in [0.2, 0.25) is 10.2 Å². The first kappa shape index (κ1) is 24.5. The molecule has 0 saturated heterocycles. The zero-order valence-electron chi connectivity index (χ0n) is 18.2. The van der Waals surface area contributed by atoms with Crippen molar-refractivity contribution in [3.63, 3.8) is 0 Å². The molecule has 0 spiro atoms. The third-order valence-electron chi connectivity index (χ3n) is 4.58. The van der Waals surface area contributed by atoms with E-state index in [1.54, 1.807) is 11.8 Å². The first-order chi connectivity index (χ1) is 13.4. The number of Topliss-reactive ketones (excluding diaryl/α,β-unsaturated/α-hetero) is 1. The molecule has 0 heterocycles. The van der Waals surface area contributed by atoms with Crippen molar-refractivity contribution in [2.24, 2.45) is 17.8 Å². The predicted molar refractivity (Wildman–Crippen MR) is 127 cm³/mol. The zero-order valence-corrected chi connectivity index (χ0v) is 20.6. The fraction of sp³-hybridized carbons (Fsp3) is 0.609. The maximum absolute atomic E-state index is 13.2. The van der Waals surface area contributed by atoms with Gasteiger partial charge in [-0.2, -0.15) is 0 Å². The van der Waals surface area contributed by atoms with Crippen LogP contribution in [0.3, 0.4) is 0 Å². The average Bonchev–Trinajstić information content (AvgIpc) is 2.91. The number of benzene rings is 1. The van der Waals surface area contributed by atoms with Gasteiger partial charge in [0.15, 0.2) is 0 Å². The van der Waals surface area contributed by atoms with Crippen molar-refractivity contribution in [3.05, 3.63) is 30.3 Å².